The van der Waals surface area contributed by atoms with Crippen LogP contribution in [0.5, 0.6) is 0 Å². The number of halogens is 3. The van der Waals surface area contributed by atoms with E-state index in [9.17, 15) is 0 Å². The number of hydrogen-bond donors (Lipinski definition) is 0. The molecule has 0 fully saturated rings. The summed E-state index contributed by atoms with van der Waals surface area (Å²) in [6.07, 6.45) is 0. The van der Waals surface area contributed by atoms with E-state index in [1.54, 1.807) is 0 Å². The van der Waals surface area contributed by atoms with E-state index in [0.717, 1.165) is 0 Å². The number of benzene rings is 1. The molecule has 0 atom stereocenters. The number of rotatable bonds is 1. The van der Waals surface area contributed by atoms with Gasteiger partial charge in [-0.05, 0) is 11.5 Å². The van der Waals surface area contributed by atoms with Crippen molar-refractivity contribution < 1.29 is 0 Å². The zero-order chi connectivity index (χ0) is 10.1. The van der Waals surface area contributed by atoms with Gasteiger partial charge in [-0.2, -0.15) is 0 Å². The van der Waals surface area contributed by atoms with Crippen LogP contribution in [0.25, 0.3) is 0 Å². The van der Waals surface area contributed by atoms with Crippen LogP contribution in [-0.4, -0.2) is 0 Å². The minimum absolute atomic E-state index is 0.504. The van der Waals surface area contributed by atoms with Crippen molar-refractivity contribution in [2.24, 2.45) is 0 Å². The molecule has 0 spiro atoms. The fourth-order valence-electron chi connectivity index (χ4n) is 1.06. The molecule has 1 aromatic carbocycles. The van der Waals surface area contributed by atoms with Gasteiger partial charge in [0, 0.05) is 5.56 Å². The third kappa shape index (κ3) is 3.05. The second-order valence-electron chi connectivity index (χ2n) is 3.27. The van der Waals surface area contributed by atoms with Gasteiger partial charge < -0.3 is 0 Å². The summed E-state index contributed by atoms with van der Waals surface area (Å²) >= 11 is 17.2. The quantitative estimate of drug-likeness (QED) is 0.625. The molecule has 13 heavy (non-hydrogen) atoms. The molecule has 0 N–H and O–H groups in total. The molecule has 0 bridgehead atoms. The van der Waals surface area contributed by atoms with Crippen molar-refractivity contribution in [2.45, 2.75) is 23.6 Å². The first-order valence-corrected chi connectivity index (χ1v) is 5.22. The monoisotopic (exact) mass is 236 g/mol. The van der Waals surface area contributed by atoms with Crippen LogP contribution in [0.15, 0.2) is 24.3 Å². The highest BCUT2D eigenvalue weighted by Gasteiger charge is 2.22. The summed E-state index contributed by atoms with van der Waals surface area (Å²) in [6, 6.07) is 7.68. The molecule has 1 rings (SSSR count). The first kappa shape index (κ1) is 11.2. The van der Waals surface area contributed by atoms with Gasteiger partial charge in [-0.1, -0.05) is 72.9 Å². The highest BCUT2D eigenvalue weighted by atomic mass is 35.6. The van der Waals surface area contributed by atoms with Crippen LogP contribution in [0.4, 0.5) is 0 Å². The minimum Gasteiger partial charge on any atom is -0.0784 e. The molecular weight excluding hydrogens is 226 g/mol. The molecule has 0 unspecified atom stereocenters. The van der Waals surface area contributed by atoms with E-state index < -0.39 is 3.79 Å². The van der Waals surface area contributed by atoms with E-state index in [1.165, 1.54) is 5.56 Å². The molecule has 0 aliphatic heterocycles. The zero-order valence-corrected chi connectivity index (χ0v) is 9.79. The maximum Gasteiger partial charge on any atom is 0.216 e. The maximum absolute atomic E-state index is 5.72. The van der Waals surface area contributed by atoms with Gasteiger partial charge in [0.1, 0.15) is 0 Å². The SMILES string of the molecule is CC(C)c1ccc(C(Cl)(Cl)Cl)cc1. The molecule has 0 amide bonds. The van der Waals surface area contributed by atoms with Gasteiger partial charge >= 0.3 is 0 Å². The highest BCUT2D eigenvalue weighted by Crippen LogP contribution is 2.38. The van der Waals surface area contributed by atoms with E-state index in [-0.39, 0.29) is 0 Å². The molecular formula is C10H11Cl3. The smallest absolute Gasteiger partial charge is 0.0784 e. The Balaban J connectivity index is 2.94. The van der Waals surface area contributed by atoms with Crippen LogP contribution in [0, 0.1) is 0 Å². The van der Waals surface area contributed by atoms with Crippen molar-refractivity contribution in [3.8, 4) is 0 Å². The Labute approximate surface area is 93.8 Å². The molecule has 72 valence electrons. The Morgan fingerprint density at radius 3 is 1.77 bits per heavy atom. The minimum atomic E-state index is -1.31. The van der Waals surface area contributed by atoms with Crippen LogP contribution < -0.4 is 0 Å². The van der Waals surface area contributed by atoms with Crippen molar-refractivity contribution >= 4 is 34.8 Å². The average Bonchev–Trinajstić information content (AvgIpc) is 2.03. The predicted octanol–water partition coefficient (Wildman–Crippen LogP) is 4.64. The zero-order valence-electron chi connectivity index (χ0n) is 7.52. The summed E-state index contributed by atoms with van der Waals surface area (Å²) in [7, 11) is 0. The summed E-state index contributed by atoms with van der Waals surface area (Å²) in [5.41, 5.74) is 1.96. The average molecular weight is 238 g/mol. The third-order valence-corrected chi connectivity index (χ3v) is 2.56. The Kier molecular flexibility index (Phi) is 3.50. The summed E-state index contributed by atoms with van der Waals surface area (Å²) in [5.74, 6) is 0.504. The third-order valence-electron chi connectivity index (χ3n) is 1.90. The van der Waals surface area contributed by atoms with Crippen LogP contribution in [0.1, 0.15) is 30.9 Å². The van der Waals surface area contributed by atoms with Gasteiger partial charge in [0.15, 0.2) is 0 Å². The lowest BCUT2D eigenvalue weighted by atomic mass is 10.0. The molecule has 0 saturated heterocycles. The molecule has 0 heterocycles. The molecule has 0 aliphatic carbocycles. The van der Waals surface area contributed by atoms with Gasteiger partial charge in [-0.3, -0.25) is 0 Å². The standard InChI is InChI=1S/C10H11Cl3/c1-7(2)8-3-5-9(6-4-8)10(11,12)13/h3-7H,1-2H3. The molecule has 0 saturated carbocycles. The van der Waals surface area contributed by atoms with Gasteiger partial charge in [0.05, 0.1) is 0 Å². The van der Waals surface area contributed by atoms with Gasteiger partial charge in [-0.25, -0.2) is 0 Å². The van der Waals surface area contributed by atoms with E-state index in [4.69, 9.17) is 34.8 Å². The lowest BCUT2D eigenvalue weighted by molar-refractivity contribution is 0.865. The molecule has 3 heteroatoms. The van der Waals surface area contributed by atoms with Gasteiger partial charge in [-0.15, -0.1) is 0 Å². The normalized spacial score (nSPS) is 12.2. The van der Waals surface area contributed by atoms with Crippen molar-refractivity contribution in [3.05, 3.63) is 35.4 Å². The molecule has 1 aromatic rings. The van der Waals surface area contributed by atoms with Crippen molar-refractivity contribution in [1.82, 2.24) is 0 Å². The fraction of sp³-hybridized carbons (Fsp3) is 0.400. The molecule has 0 aliphatic rings. The molecule has 0 nitrogen and oxygen atoms in total. The molecule has 0 radical (unpaired) electrons. The topological polar surface area (TPSA) is 0 Å². The van der Waals surface area contributed by atoms with E-state index in [1.807, 2.05) is 24.3 Å². The summed E-state index contributed by atoms with van der Waals surface area (Å²) in [6.45, 7) is 4.26. The predicted molar refractivity (Wildman–Crippen MR) is 59.8 cm³/mol. The van der Waals surface area contributed by atoms with Crippen molar-refractivity contribution in [3.63, 3.8) is 0 Å². The number of alkyl halides is 3. The Bertz CT molecular complexity index is 269. The van der Waals surface area contributed by atoms with Gasteiger partial charge in [0.2, 0.25) is 3.79 Å². The Hall–Kier alpha value is 0.0900. The maximum atomic E-state index is 5.72. The second kappa shape index (κ2) is 4.08. The Morgan fingerprint density at radius 1 is 1.00 bits per heavy atom. The van der Waals surface area contributed by atoms with Crippen LogP contribution >= 0.6 is 34.8 Å². The van der Waals surface area contributed by atoms with Crippen LogP contribution in [0.3, 0.4) is 0 Å². The van der Waals surface area contributed by atoms with Crippen LogP contribution in [-0.2, 0) is 3.79 Å². The first-order chi connectivity index (χ1) is 5.91. The summed E-state index contributed by atoms with van der Waals surface area (Å²) in [5, 5.41) is 0. The lowest BCUT2D eigenvalue weighted by Gasteiger charge is -2.12. The fourth-order valence-corrected chi connectivity index (χ4v) is 1.43. The van der Waals surface area contributed by atoms with Crippen LogP contribution in [0.2, 0.25) is 0 Å². The first-order valence-electron chi connectivity index (χ1n) is 4.08. The number of hydrogen-bond acceptors (Lipinski definition) is 0. The van der Waals surface area contributed by atoms with Crippen molar-refractivity contribution in [1.29, 1.82) is 0 Å². The van der Waals surface area contributed by atoms with Crippen molar-refractivity contribution in [2.75, 3.05) is 0 Å². The summed E-state index contributed by atoms with van der Waals surface area (Å²) in [4.78, 5) is 0. The lowest BCUT2D eigenvalue weighted by Crippen LogP contribution is -2.00. The summed E-state index contributed by atoms with van der Waals surface area (Å²) < 4.78 is -1.31. The Morgan fingerprint density at radius 2 is 1.46 bits per heavy atom. The van der Waals surface area contributed by atoms with E-state index >= 15 is 0 Å². The van der Waals surface area contributed by atoms with E-state index in [2.05, 4.69) is 13.8 Å². The second-order valence-corrected chi connectivity index (χ2v) is 5.56. The molecule has 0 aromatic heterocycles. The van der Waals surface area contributed by atoms with E-state index in [0.29, 0.717) is 11.5 Å². The highest BCUT2D eigenvalue weighted by molar-refractivity contribution is 6.66. The van der Waals surface area contributed by atoms with Gasteiger partial charge in [0.25, 0.3) is 0 Å². The largest absolute Gasteiger partial charge is 0.216 e.